The van der Waals surface area contributed by atoms with E-state index < -0.39 is 10.0 Å². The summed E-state index contributed by atoms with van der Waals surface area (Å²) >= 11 is 1.72. The lowest BCUT2D eigenvalue weighted by atomic mass is 10.1. The van der Waals surface area contributed by atoms with Crippen molar-refractivity contribution in [3.63, 3.8) is 0 Å². The van der Waals surface area contributed by atoms with Gasteiger partial charge in [0.2, 0.25) is 10.0 Å². The molecule has 0 aromatic heterocycles. The molecule has 1 rings (SSSR count). The third-order valence-corrected chi connectivity index (χ3v) is 5.39. The maximum absolute atomic E-state index is 12.4. The van der Waals surface area contributed by atoms with Crippen molar-refractivity contribution in [2.45, 2.75) is 32.1 Å². The molecule has 0 saturated heterocycles. The highest BCUT2D eigenvalue weighted by Crippen LogP contribution is 2.24. The van der Waals surface area contributed by atoms with Crippen LogP contribution < -0.4 is 10.0 Å². The van der Waals surface area contributed by atoms with Crippen molar-refractivity contribution < 1.29 is 8.42 Å². The van der Waals surface area contributed by atoms with Crippen molar-refractivity contribution in [3.8, 4) is 0 Å². The molecule has 4 nitrogen and oxygen atoms in total. The molecule has 0 bridgehead atoms. The first-order chi connectivity index (χ1) is 9.42. The zero-order valence-corrected chi connectivity index (χ0v) is 14.2. The number of benzene rings is 1. The minimum absolute atomic E-state index is 0.406. The third-order valence-electron chi connectivity index (χ3n) is 2.93. The number of rotatable bonds is 8. The summed E-state index contributed by atoms with van der Waals surface area (Å²) in [6, 6.07) is 3.76. The summed E-state index contributed by atoms with van der Waals surface area (Å²) in [5.74, 6) is 0.958. The molecule has 0 aliphatic heterocycles. The minimum atomic E-state index is -3.42. The first-order valence-electron chi connectivity index (χ1n) is 6.76. The van der Waals surface area contributed by atoms with Crippen LogP contribution in [0.2, 0.25) is 0 Å². The zero-order valence-electron chi connectivity index (χ0n) is 12.6. The van der Waals surface area contributed by atoms with E-state index in [1.165, 1.54) is 0 Å². The summed E-state index contributed by atoms with van der Waals surface area (Å²) in [6.07, 6.45) is 2.86. The smallest absolute Gasteiger partial charge is 0.241 e. The van der Waals surface area contributed by atoms with Gasteiger partial charge in [0.1, 0.15) is 0 Å². The molecular weight excluding hydrogens is 292 g/mol. The predicted molar refractivity (Wildman–Crippen MR) is 88.3 cm³/mol. The summed E-state index contributed by atoms with van der Waals surface area (Å²) < 4.78 is 27.4. The number of nitrogens with one attached hydrogen (secondary N) is 2. The largest absolute Gasteiger partial charge is 0.385 e. The summed E-state index contributed by atoms with van der Waals surface area (Å²) in [5.41, 5.74) is 2.51. The fraction of sp³-hybridized carbons (Fsp3) is 0.571. The van der Waals surface area contributed by atoms with Crippen molar-refractivity contribution in [3.05, 3.63) is 23.3 Å². The van der Waals surface area contributed by atoms with Crippen LogP contribution in [0.3, 0.4) is 0 Å². The molecule has 0 heterocycles. The molecule has 0 unspecified atom stereocenters. The Morgan fingerprint density at radius 2 is 1.80 bits per heavy atom. The molecular formula is C14H24N2O2S2. The molecule has 0 atom stereocenters. The number of aryl methyl sites for hydroxylation is 2. The van der Waals surface area contributed by atoms with E-state index >= 15 is 0 Å². The van der Waals surface area contributed by atoms with Crippen molar-refractivity contribution in [1.82, 2.24) is 4.72 Å². The molecule has 20 heavy (non-hydrogen) atoms. The Hall–Kier alpha value is -0.720. The van der Waals surface area contributed by atoms with Crippen LogP contribution in [0, 0.1) is 13.8 Å². The molecule has 0 spiro atoms. The standard InChI is InChI=1S/C14H24N2O2S2/c1-5-15-13-9-11(2)14(12(3)10-13)20(17,18)16-7-6-8-19-4/h9-10,15-16H,5-8H2,1-4H3. The molecule has 2 N–H and O–H groups in total. The highest BCUT2D eigenvalue weighted by atomic mass is 32.2. The van der Waals surface area contributed by atoms with Crippen LogP contribution in [-0.4, -0.2) is 33.5 Å². The number of anilines is 1. The normalized spacial score (nSPS) is 11.6. The minimum Gasteiger partial charge on any atom is -0.385 e. The Kier molecular flexibility index (Phi) is 6.85. The molecule has 0 amide bonds. The molecule has 1 aromatic rings. The summed E-state index contributed by atoms with van der Waals surface area (Å²) in [6.45, 7) is 6.99. The maximum Gasteiger partial charge on any atom is 0.241 e. The molecule has 114 valence electrons. The lowest BCUT2D eigenvalue weighted by Crippen LogP contribution is -2.26. The van der Waals surface area contributed by atoms with E-state index in [9.17, 15) is 8.42 Å². The molecule has 0 saturated carbocycles. The van der Waals surface area contributed by atoms with Crippen LogP contribution in [-0.2, 0) is 10.0 Å². The summed E-state index contributed by atoms with van der Waals surface area (Å²) in [5, 5.41) is 3.21. The van der Waals surface area contributed by atoms with Crippen LogP contribution in [0.5, 0.6) is 0 Å². The van der Waals surface area contributed by atoms with Gasteiger partial charge in [-0.1, -0.05) is 0 Å². The van der Waals surface area contributed by atoms with E-state index in [0.717, 1.165) is 35.5 Å². The summed E-state index contributed by atoms with van der Waals surface area (Å²) in [4.78, 5) is 0.406. The Balaban J connectivity index is 2.94. The van der Waals surface area contributed by atoms with Crippen LogP contribution in [0.25, 0.3) is 0 Å². The quantitative estimate of drug-likeness (QED) is 0.724. The Bertz CT molecular complexity index is 519. The topological polar surface area (TPSA) is 58.2 Å². The van der Waals surface area contributed by atoms with E-state index in [1.807, 2.05) is 39.2 Å². The highest BCUT2D eigenvalue weighted by Gasteiger charge is 2.19. The van der Waals surface area contributed by atoms with Gasteiger partial charge in [-0.15, -0.1) is 0 Å². The van der Waals surface area contributed by atoms with Gasteiger partial charge in [0.05, 0.1) is 4.90 Å². The first kappa shape index (κ1) is 17.3. The van der Waals surface area contributed by atoms with Crippen molar-refractivity contribution in [2.24, 2.45) is 0 Å². The first-order valence-corrected chi connectivity index (χ1v) is 9.63. The van der Waals surface area contributed by atoms with Gasteiger partial charge in [-0.25, -0.2) is 13.1 Å². The Morgan fingerprint density at radius 3 is 2.30 bits per heavy atom. The predicted octanol–water partition coefficient (Wildman–Crippen LogP) is 2.77. The van der Waals surface area contributed by atoms with E-state index in [2.05, 4.69) is 10.0 Å². The highest BCUT2D eigenvalue weighted by molar-refractivity contribution is 7.98. The number of sulfonamides is 1. The van der Waals surface area contributed by atoms with Gasteiger partial charge >= 0.3 is 0 Å². The van der Waals surface area contributed by atoms with Gasteiger partial charge in [-0.05, 0) is 62.5 Å². The second-order valence-corrected chi connectivity index (χ2v) is 7.40. The fourth-order valence-electron chi connectivity index (χ4n) is 2.18. The van der Waals surface area contributed by atoms with Crippen molar-refractivity contribution >= 4 is 27.5 Å². The molecule has 0 aliphatic carbocycles. The van der Waals surface area contributed by atoms with Crippen molar-refractivity contribution in [2.75, 3.05) is 30.4 Å². The van der Waals surface area contributed by atoms with Gasteiger partial charge in [0.15, 0.2) is 0 Å². The third kappa shape index (κ3) is 4.68. The number of thioether (sulfide) groups is 1. The fourth-order valence-corrected chi connectivity index (χ4v) is 4.13. The molecule has 0 radical (unpaired) electrons. The van der Waals surface area contributed by atoms with E-state index in [-0.39, 0.29) is 0 Å². The van der Waals surface area contributed by atoms with E-state index in [1.54, 1.807) is 11.8 Å². The van der Waals surface area contributed by atoms with Crippen LogP contribution in [0.1, 0.15) is 24.5 Å². The van der Waals surface area contributed by atoms with Crippen LogP contribution >= 0.6 is 11.8 Å². The zero-order chi connectivity index (χ0) is 15.2. The van der Waals surface area contributed by atoms with E-state index in [0.29, 0.717) is 11.4 Å². The average molecular weight is 316 g/mol. The van der Waals surface area contributed by atoms with Crippen LogP contribution in [0.15, 0.2) is 17.0 Å². The molecule has 0 aliphatic rings. The second-order valence-electron chi connectivity index (χ2n) is 4.71. The molecule has 1 aromatic carbocycles. The molecule has 0 fully saturated rings. The number of hydrogen-bond donors (Lipinski definition) is 2. The molecule has 6 heteroatoms. The SMILES string of the molecule is CCNc1cc(C)c(S(=O)(=O)NCCCSC)c(C)c1. The van der Waals surface area contributed by atoms with Crippen LogP contribution in [0.4, 0.5) is 5.69 Å². The average Bonchev–Trinajstić information content (AvgIpc) is 2.34. The Morgan fingerprint density at radius 1 is 1.20 bits per heavy atom. The van der Waals surface area contributed by atoms with Gasteiger partial charge in [0, 0.05) is 18.8 Å². The van der Waals surface area contributed by atoms with Gasteiger partial charge in [-0.2, -0.15) is 11.8 Å². The number of hydrogen-bond acceptors (Lipinski definition) is 4. The van der Waals surface area contributed by atoms with Gasteiger partial charge in [0.25, 0.3) is 0 Å². The Labute approximate surface area is 126 Å². The lowest BCUT2D eigenvalue weighted by molar-refractivity contribution is 0.580. The lowest BCUT2D eigenvalue weighted by Gasteiger charge is -2.14. The monoisotopic (exact) mass is 316 g/mol. The van der Waals surface area contributed by atoms with Gasteiger partial charge in [-0.3, -0.25) is 0 Å². The van der Waals surface area contributed by atoms with Gasteiger partial charge < -0.3 is 5.32 Å². The maximum atomic E-state index is 12.4. The van der Waals surface area contributed by atoms with Crippen molar-refractivity contribution in [1.29, 1.82) is 0 Å². The second kappa shape index (κ2) is 7.90. The van der Waals surface area contributed by atoms with E-state index in [4.69, 9.17) is 0 Å². The summed E-state index contributed by atoms with van der Waals surface area (Å²) in [7, 11) is -3.42.